The largest absolute Gasteiger partial charge is 0.361 e. The SMILES string of the molecule is O=C1CNCC(CCc2c[nH]c3ccccc23)N1. The summed E-state index contributed by atoms with van der Waals surface area (Å²) in [6, 6.07) is 8.57. The molecule has 3 rings (SSSR count). The number of carbonyl (C=O) groups is 1. The molecule has 1 fully saturated rings. The number of rotatable bonds is 3. The molecule has 1 amide bonds. The van der Waals surface area contributed by atoms with E-state index in [4.69, 9.17) is 0 Å². The fourth-order valence-corrected chi connectivity index (χ4v) is 2.53. The molecule has 1 aliphatic heterocycles. The minimum Gasteiger partial charge on any atom is -0.361 e. The Morgan fingerprint density at radius 1 is 1.28 bits per heavy atom. The molecule has 94 valence electrons. The lowest BCUT2D eigenvalue weighted by atomic mass is 10.0. The van der Waals surface area contributed by atoms with Crippen LogP contribution in [0.1, 0.15) is 12.0 Å². The molecule has 1 aliphatic rings. The highest BCUT2D eigenvalue weighted by Gasteiger charge is 2.17. The number of piperazine rings is 1. The van der Waals surface area contributed by atoms with Gasteiger partial charge in [0.25, 0.3) is 0 Å². The molecule has 1 aromatic carbocycles. The second-order valence-electron chi connectivity index (χ2n) is 4.79. The summed E-state index contributed by atoms with van der Waals surface area (Å²) in [5.74, 6) is 0.102. The highest BCUT2D eigenvalue weighted by Crippen LogP contribution is 2.19. The number of para-hydroxylation sites is 1. The van der Waals surface area contributed by atoms with Gasteiger partial charge in [0, 0.05) is 29.7 Å². The van der Waals surface area contributed by atoms with E-state index in [2.05, 4.69) is 40.0 Å². The van der Waals surface area contributed by atoms with Gasteiger partial charge in [-0.1, -0.05) is 18.2 Å². The summed E-state index contributed by atoms with van der Waals surface area (Å²) in [5, 5.41) is 7.43. The highest BCUT2D eigenvalue weighted by atomic mass is 16.2. The minimum atomic E-state index is 0.102. The molecule has 3 N–H and O–H groups in total. The van der Waals surface area contributed by atoms with E-state index < -0.39 is 0 Å². The second kappa shape index (κ2) is 4.82. The van der Waals surface area contributed by atoms with Crippen molar-refractivity contribution in [2.75, 3.05) is 13.1 Å². The summed E-state index contributed by atoms with van der Waals surface area (Å²) in [6.45, 7) is 1.32. The number of carbonyl (C=O) groups excluding carboxylic acids is 1. The standard InChI is InChI=1S/C14H17N3O/c18-14-9-15-8-11(17-14)6-5-10-7-16-13-4-2-1-3-12(10)13/h1-4,7,11,15-16H,5-6,8-9H2,(H,17,18). The third kappa shape index (κ3) is 2.24. The molecule has 1 unspecified atom stereocenters. The Hall–Kier alpha value is -1.81. The van der Waals surface area contributed by atoms with Crippen LogP contribution in [0.3, 0.4) is 0 Å². The fraction of sp³-hybridized carbons (Fsp3) is 0.357. The van der Waals surface area contributed by atoms with Crippen LogP contribution in [0.2, 0.25) is 0 Å². The number of nitrogens with one attached hydrogen (secondary N) is 3. The Bertz CT molecular complexity index is 561. The number of fused-ring (bicyclic) bond motifs is 1. The zero-order chi connectivity index (χ0) is 12.4. The van der Waals surface area contributed by atoms with Crippen LogP contribution in [0, 0.1) is 0 Å². The van der Waals surface area contributed by atoms with E-state index in [1.807, 2.05) is 6.07 Å². The first-order valence-electron chi connectivity index (χ1n) is 6.38. The number of hydrogen-bond donors (Lipinski definition) is 3. The van der Waals surface area contributed by atoms with Gasteiger partial charge in [-0.2, -0.15) is 0 Å². The lowest BCUT2D eigenvalue weighted by molar-refractivity contribution is -0.122. The van der Waals surface area contributed by atoms with Crippen molar-refractivity contribution in [2.24, 2.45) is 0 Å². The molecule has 4 heteroatoms. The van der Waals surface area contributed by atoms with Crippen LogP contribution in [0.4, 0.5) is 0 Å². The molecule has 2 aromatic rings. The smallest absolute Gasteiger partial charge is 0.234 e. The summed E-state index contributed by atoms with van der Waals surface area (Å²) in [4.78, 5) is 14.5. The Labute approximate surface area is 106 Å². The van der Waals surface area contributed by atoms with E-state index in [9.17, 15) is 4.79 Å². The van der Waals surface area contributed by atoms with E-state index in [0.717, 1.165) is 19.4 Å². The van der Waals surface area contributed by atoms with Crippen molar-refractivity contribution < 1.29 is 4.79 Å². The van der Waals surface area contributed by atoms with Crippen LogP contribution in [-0.4, -0.2) is 30.0 Å². The quantitative estimate of drug-likeness (QED) is 0.758. The van der Waals surface area contributed by atoms with Gasteiger partial charge in [-0.15, -0.1) is 0 Å². The van der Waals surface area contributed by atoms with Crippen molar-refractivity contribution in [3.63, 3.8) is 0 Å². The predicted octanol–water partition coefficient (Wildman–Crippen LogP) is 1.19. The average Bonchev–Trinajstić information content (AvgIpc) is 2.80. The molecule has 0 spiro atoms. The van der Waals surface area contributed by atoms with Gasteiger partial charge in [0.15, 0.2) is 0 Å². The molecule has 1 saturated heterocycles. The normalized spacial score (nSPS) is 20.0. The van der Waals surface area contributed by atoms with Gasteiger partial charge in [0.05, 0.1) is 6.54 Å². The number of H-pyrrole nitrogens is 1. The number of benzene rings is 1. The molecular formula is C14H17N3O. The number of aryl methyl sites for hydroxylation is 1. The van der Waals surface area contributed by atoms with Crippen LogP contribution in [0.15, 0.2) is 30.5 Å². The number of aromatic nitrogens is 1. The highest BCUT2D eigenvalue weighted by molar-refractivity contribution is 5.83. The molecule has 0 bridgehead atoms. The summed E-state index contributed by atoms with van der Waals surface area (Å²) >= 11 is 0. The van der Waals surface area contributed by atoms with E-state index in [-0.39, 0.29) is 11.9 Å². The Morgan fingerprint density at radius 3 is 3.06 bits per heavy atom. The molecule has 18 heavy (non-hydrogen) atoms. The predicted molar refractivity (Wildman–Crippen MR) is 71.4 cm³/mol. The zero-order valence-corrected chi connectivity index (χ0v) is 10.2. The maximum Gasteiger partial charge on any atom is 0.234 e. The van der Waals surface area contributed by atoms with Crippen LogP contribution in [-0.2, 0) is 11.2 Å². The van der Waals surface area contributed by atoms with Crippen molar-refractivity contribution in [2.45, 2.75) is 18.9 Å². The van der Waals surface area contributed by atoms with Crippen LogP contribution in [0.5, 0.6) is 0 Å². The Kier molecular flexibility index (Phi) is 3.02. The first-order valence-corrected chi connectivity index (χ1v) is 6.38. The van der Waals surface area contributed by atoms with Gasteiger partial charge in [-0.25, -0.2) is 0 Å². The number of amides is 1. The summed E-state index contributed by atoms with van der Waals surface area (Å²) in [6.07, 6.45) is 4.03. The summed E-state index contributed by atoms with van der Waals surface area (Å²) in [5.41, 5.74) is 2.50. The second-order valence-corrected chi connectivity index (χ2v) is 4.79. The number of aromatic amines is 1. The monoisotopic (exact) mass is 243 g/mol. The van der Waals surface area contributed by atoms with Crippen LogP contribution < -0.4 is 10.6 Å². The van der Waals surface area contributed by atoms with Gasteiger partial charge in [-0.05, 0) is 24.5 Å². The molecule has 0 radical (unpaired) electrons. The van der Waals surface area contributed by atoms with Crippen molar-refractivity contribution in [3.8, 4) is 0 Å². The number of hydrogen-bond acceptors (Lipinski definition) is 2. The van der Waals surface area contributed by atoms with Crippen molar-refractivity contribution in [1.82, 2.24) is 15.6 Å². The average molecular weight is 243 g/mol. The molecule has 1 aromatic heterocycles. The maximum absolute atomic E-state index is 11.3. The third-order valence-corrected chi connectivity index (χ3v) is 3.48. The molecular weight excluding hydrogens is 226 g/mol. The van der Waals surface area contributed by atoms with E-state index in [1.54, 1.807) is 0 Å². The van der Waals surface area contributed by atoms with Gasteiger partial charge in [0.2, 0.25) is 5.91 Å². The van der Waals surface area contributed by atoms with Gasteiger partial charge >= 0.3 is 0 Å². The lowest BCUT2D eigenvalue weighted by Gasteiger charge is -2.23. The molecule has 0 saturated carbocycles. The van der Waals surface area contributed by atoms with Gasteiger partial charge < -0.3 is 15.6 Å². The van der Waals surface area contributed by atoms with Crippen LogP contribution >= 0.6 is 0 Å². The first-order chi connectivity index (χ1) is 8.83. The van der Waals surface area contributed by atoms with Gasteiger partial charge in [0.1, 0.15) is 0 Å². The first kappa shape index (κ1) is 11.3. The summed E-state index contributed by atoms with van der Waals surface area (Å²) < 4.78 is 0. The van der Waals surface area contributed by atoms with E-state index >= 15 is 0 Å². The van der Waals surface area contributed by atoms with Crippen molar-refractivity contribution >= 4 is 16.8 Å². The van der Waals surface area contributed by atoms with Crippen LogP contribution in [0.25, 0.3) is 10.9 Å². The van der Waals surface area contributed by atoms with E-state index in [0.29, 0.717) is 6.54 Å². The molecule has 4 nitrogen and oxygen atoms in total. The van der Waals surface area contributed by atoms with E-state index in [1.165, 1.54) is 16.5 Å². The zero-order valence-electron chi connectivity index (χ0n) is 10.2. The topological polar surface area (TPSA) is 56.9 Å². The van der Waals surface area contributed by atoms with Crippen molar-refractivity contribution in [1.29, 1.82) is 0 Å². The Balaban J connectivity index is 1.67. The lowest BCUT2D eigenvalue weighted by Crippen LogP contribution is -2.52. The maximum atomic E-state index is 11.3. The molecule has 0 aliphatic carbocycles. The molecule has 2 heterocycles. The summed E-state index contributed by atoms with van der Waals surface area (Å²) in [7, 11) is 0. The minimum absolute atomic E-state index is 0.102. The fourth-order valence-electron chi connectivity index (χ4n) is 2.53. The molecule has 1 atom stereocenters. The third-order valence-electron chi connectivity index (χ3n) is 3.48. The Morgan fingerprint density at radius 2 is 2.17 bits per heavy atom. The van der Waals surface area contributed by atoms with Crippen molar-refractivity contribution in [3.05, 3.63) is 36.0 Å². The van der Waals surface area contributed by atoms with Gasteiger partial charge in [-0.3, -0.25) is 4.79 Å².